The molecule has 0 aliphatic rings. The van der Waals surface area contributed by atoms with E-state index in [-0.39, 0.29) is 17.2 Å². The molecule has 8 heteroatoms. The molecular weight excluding hydrogens is 436 g/mol. The summed E-state index contributed by atoms with van der Waals surface area (Å²) in [6.45, 7) is 2.55. The molecule has 3 rings (SSSR count). The Morgan fingerprint density at radius 3 is 1.50 bits per heavy atom. The largest absolute Gasteiger partial charge is 0.508 e. The Morgan fingerprint density at radius 1 is 0.647 bits per heavy atom. The number of methoxy groups -OCH3 is 3. The number of nitrogens with zero attached hydrogens (tertiary/aromatic N) is 1. The minimum atomic E-state index is 0.176. The first-order valence-electron chi connectivity index (χ1n) is 10.9. The van der Waals surface area contributed by atoms with Gasteiger partial charge in [0.2, 0.25) is 0 Å². The minimum Gasteiger partial charge on any atom is -0.508 e. The van der Waals surface area contributed by atoms with E-state index in [1.165, 1.54) is 0 Å². The van der Waals surface area contributed by atoms with Gasteiger partial charge in [-0.2, -0.15) is 0 Å². The van der Waals surface area contributed by atoms with Gasteiger partial charge in [-0.3, -0.25) is 4.90 Å². The van der Waals surface area contributed by atoms with Crippen molar-refractivity contribution in [2.45, 2.75) is 19.6 Å². The summed E-state index contributed by atoms with van der Waals surface area (Å²) in [5.74, 6) is 2.54. The predicted octanol–water partition coefficient (Wildman–Crippen LogP) is 3.62. The SMILES string of the molecule is COc1ccc(O)c(CNCCN(Cc2cc(OC)ccc2O)Cc2cc(OC)ccc2O)c1. The van der Waals surface area contributed by atoms with Crippen LogP contribution in [0.3, 0.4) is 0 Å². The third kappa shape index (κ3) is 6.69. The van der Waals surface area contributed by atoms with Crippen molar-refractivity contribution in [1.82, 2.24) is 10.2 Å². The number of hydrogen-bond donors (Lipinski definition) is 4. The first-order valence-corrected chi connectivity index (χ1v) is 10.9. The molecule has 4 N–H and O–H groups in total. The van der Waals surface area contributed by atoms with Crippen LogP contribution in [0, 0.1) is 0 Å². The summed E-state index contributed by atoms with van der Waals surface area (Å²) in [6.07, 6.45) is 0. The molecule has 0 atom stereocenters. The Hall–Kier alpha value is -3.62. The summed E-state index contributed by atoms with van der Waals surface area (Å²) in [5.41, 5.74) is 2.17. The van der Waals surface area contributed by atoms with Crippen LogP contribution in [0.5, 0.6) is 34.5 Å². The van der Waals surface area contributed by atoms with Crippen LogP contribution >= 0.6 is 0 Å². The van der Waals surface area contributed by atoms with Crippen LogP contribution in [0.25, 0.3) is 0 Å². The Kier molecular flexibility index (Phi) is 8.84. The average molecular weight is 469 g/mol. The standard InChI is InChI=1S/C26H32N2O6/c1-32-21-4-7-24(29)18(12-21)15-27-10-11-28(16-19-13-22(33-2)5-8-25(19)30)17-20-14-23(34-3)6-9-26(20)31/h4-9,12-14,27,29-31H,10-11,15-17H2,1-3H3. The maximum Gasteiger partial charge on any atom is 0.120 e. The van der Waals surface area contributed by atoms with E-state index in [1.807, 2.05) is 0 Å². The van der Waals surface area contributed by atoms with Gasteiger partial charge in [0, 0.05) is 49.4 Å². The predicted molar refractivity (Wildman–Crippen MR) is 130 cm³/mol. The lowest BCUT2D eigenvalue weighted by molar-refractivity contribution is 0.248. The molecule has 0 amide bonds. The number of phenols is 3. The van der Waals surface area contributed by atoms with Gasteiger partial charge in [-0.25, -0.2) is 0 Å². The Morgan fingerprint density at radius 2 is 1.06 bits per heavy atom. The summed E-state index contributed by atoms with van der Waals surface area (Å²) in [5, 5.41) is 34.2. The zero-order chi connectivity index (χ0) is 24.5. The number of aromatic hydroxyl groups is 3. The number of benzene rings is 3. The van der Waals surface area contributed by atoms with Crippen molar-refractivity contribution in [3.05, 3.63) is 71.3 Å². The van der Waals surface area contributed by atoms with Gasteiger partial charge < -0.3 is 34.8 Å². The minimum absolute atomic E-state index is 0.176. The molecule has 0 aromatic heterocycles. The van der Waals surface area contributed by atoms with Crippen LogP contribution in [-0.2, 0) is 19.6 Å². The normalized spacial score (nSPS) is 10.9. The van der Waals surface area contributed by atoms with Crippen LogP contribution in [0.1, 0.15) is 16.7 Å². The van der Waals surface area contributed by atoms with E-state index in [1.54, 1.807) is 75.9 Å². The van der Waals surface area contributed by atoms with Gasteiger partial charge in [0.05, 0.1) is 21.3 Å². The molecular formula is C26H32N2O6. The van der Waals surface area contributed by atoms with Gasteiger partial charge in [-0.1, -0.05) is 0 Å². The quantitative estimate of drug-likeness (QED) is 0.299. The number of ether oxygens (including phenoxy) is 3. The third-order valence-electron chi connectivity index (χ3n) is 5.57. The molecule has 34 heavy (non-hydrogen) atoms. The zero-order valence-corrected chi connectivity index (χ0v) is 19.7. The fourth-order valence-electron chi connectivity index (χ4n) is 3.62. The lowest BCUT2D eigenvalue weighted by Gasteiger charge is -2.24. The number of phenolic OH excluding ortho intramolecular Hbond substituents is 3. The van der Waals surface area contributed by atoms with Crippen molar-refractivity contribution in [3.8, 4) is 34.5 Å². The van der Waals surface area contributed by atoms with E-state index in [4.69, 9.17) is 14.2 Å². The lowest BCUT2D eigenvalue weighted by Crippen LogP contribution is -2.31. The summed E-state index contributed by atoms with van der Waals surface area (Å²) < 4.78 is 15.8. The van der Waals surface area contributed by atoms with Crippen molar-refractivity contribution < 1.29 is 29.5 Å². The maximum absolute atomic E-state index is 10.4. The summed E-state index contributed by atoms with van der Waals surface area (Å²) in [4.78, 5) is 2.10. The third-order valence-corrected chi connectivity index (χ3v) is 5.57. The van der Waals surface area contributed by atoms with Gasteiger partial charge in [0.15, 0.2) is 0 Å². The highest BCUT2D eigenvalue weighted by Gasteiger charge is 2.14. The summed E-state index contributed by atoms with van der Waals surface area (Å²) >= 11 is 0. The van der Waals surface area contributed by atoms with Gasteiger partial charge >= 0.3 is 0 Å². The van der Waals surface area contributed by atoms with Crippen LogP contribution in [0.15, 0.2) is 54.6 Å². The van der Waals surface area contributed by atoms with Crippen molar-refractivity contribution in [2.75, 3.05) is 34.4 Å². The molecule has 0 spiro atoms. The first-order chi connectivity index (χ1) is 16.4. The first kappa shape index (κ1) is 25.0. The molecule has 0 saturated heterocycles. The van der Waals surface area contributed by atoms with Gasteiger partial charge in [-0.05, 0) is 54.6 Å². The van der Waals surface area contributed by atoms with Crippen LogP contribution < -0.4 is 19.5 Å². The zero-order valence-electron chi connectivity index (χ0n) is 19.7. The number of nitrogens with one attached hydrogen (secondary N) is 1. The fourth-order valence-corrected chi connectivity index (χ4v) is 3.62. The van der Waals surface area contributed by atoms with Gasteiger partial charge in [0.25, 0.3) is 0 Å². The highest BCUT2D eigenvalue weighted by Crippen LogP contribution is 2.28. The van der Waals surface area contributed by atoms with Gasteiger partial charge in [-0.15, -0.1) is 0 Å². The van der Waals surface area contributed by atoms with Crippen molar-refractivity contribution >= 4 is 0 Å². The van der Waals surface area contributed by atoms with E-state index in [9.17, 15) is 15.3 Å². The average Bonchev–Trinajstić information content (AvgIpc) is 2.85. The molecule has 0 saturated carbocycles. The summed E-state index contributed by atoms with van der Waals surface area (Å²) in [7, 11) is 4.75. The van der Waals surface area contributed by atoms with Crippen LogP contribution in [-0.4, -0.2) is 54.6 Å². The second-order valence-electron chi connectivity index (χ2n) is 7.87. The van der Waals surface area contributed by atoms with E-state index in [0.29, 0.717) is 61.1 Å². The van der Waals surface area contributed by atoms with E-state index < -0.39 is 0 Å². The molecule has 8 nitrogen and oxygen atoms in total. The molecule has 3 aromatic rings. The van der Waals surface area contributed by atoms with E-state index >= 15 is 0 Å². The number of rotatable bonds is 12. The monoisotopic (exact) mass is 468 g/mol. The molecule has 0 heterocycles. The van der Waals surface area contributed by atoms with Crippen molar-refractivity contribution in [3.63, 3.8) is 0 Å². The second-order valence-corrected chi connectivity index (χ2v) is 7.87. The fraction of sp³-hybridized carbons (Fsp3) is 0.308. The lowest BCUT2D eigenvalue weighted by atomic mass is 10.1. The molecule has 0 aliphatic carbocycles. The summed E-state index contributed by atoms with van der Waals surface area (Å²) in [6, 6.07) is 15.4. The Labute approximate surface area is 199 Å². The highest BCUT2D eigenvalue weighted by molar-refractivity contribution is 5.41. The van der Waals surface area contributed by atoms with Crippen LogP contribution in [0.2, 0.25) is 0 Å². The van der Waals surface area contributed by atoms with Crippen molar-refractivity contribution in [1.29, 1.82) is 0 Å². The maximum atomic E-state index is 10.4. The molecule has 3 aromatic carbocycles. The van der Waals surface area contributed by atoms with Crippen molar-refractivity contribution in [2.24, 2.45) is 0 Å². The van der Waals surface area contributed by atoms with Crippen LogP contribution in [0.4, 0.5) is 0 Å². The number of hydrogen-bond acceptors (Lipinski definition) is 8. The van der Waals surface area contributed by atoms with E-state index in [0.717, 1.165) is 5.56 Å². The molecule has 0 aliphatic heterocycles. The topological polar surface area (TPSA) is 104 Å². The molecule has 0 fully saturated rings. The molecule has 0 unspecified atom stereocenters. The Bertz CT molecular complexity index is 1030. The van der Waals surface area contributed by atoms with E-state index in [2.05, 4.69) is 10.2 Å². The Balaban J connectivity index is 1.72. The molecule has 0 radical (unpaired) electrons. The smallest absolute Gasteiger partial charge is 0.120 e. The second kappa shape index (κ2) is 12.0. The molecule has 182 valence electrons. The molecule has 0 bridgehead atoms. The van der Waals surface area contributed by atoms with Gasteiger partial charge in [0.1, 0.15) is 34.5 Å². The highest BCUT2D eigenvalue weighted by atomic mass is 16.5.